The maximum atomic E-state index is 6.08. The van der Waals surface area contributed by atoms with Crippen LogP contribution in [0.4, 0.5) is 0 Å². The second kappa shape index (κ2) is 6.39. The highest BCUT2D eigenvalue weighted by Crippen LogP contribution is 2.31. The van der Waals surface area contributed by atoms with Gasteiger partial charge >= 0.3 is 0 Å². The average Bonchev–Trinajstić information content (AvgIpc) is 2.37. The van der Waals surface area contributed by atoms with Crippen LogP contribution in [0.25, 0.3) is 0 Å². The van der Waals surface area contributed by atoms with Crippen molar-refractivity contribution < 1.29 is 4.74 Å². The first kappa shape index (κ1) is 12.9. The van der Waals surface area contributed by atoms with Gasteiger partial charge in [-0.3, -0.25) is 0 Å². The molecule has 0 radical (unpaired) electrons. The number of rotatable bonds is 4. The molecular weight excluding hydrogens is 234 g/mol. The van der Waals surface area contributed by atoms with Gasteiger partial charge in [0.15, 0.2) is 0 Å². The summed E-state index contributed by atoms with van der Waals surface area (Å²) in [4.78, 5) is 0. The largest absolute Gasteiger partial charge is 0.381 e. The lowest BCUT2D eigenvalue weighted by Crippen LogP contribution is -2.32. The summed E-state index contributed by atoms with van der Waals surface area (Å²) in [6, 6.07) is 8.60. The Hall–Kier alpha value is -0.570. The van der Waals surface area contributed by atoms with Gasteiger partial charge in [0.2, 0.25) is 0 Å². The molecule has 0 aromatic heterocycles. The third-order valence-electron chi connectivity index (χ3n) is 3.37. The Morgan fingerprint density at radius 1 is 1.41 bits per heavy atom. The first-order valence-corrected chi connectivity index (χ1v) is 6.75. The number of benzene rings is 1. The van der Waals surface area contributed by atoms with Gasteiger partial charge in [-0.2, -0.15) is 0 Å². The van der Waals surface area contributed by atoms with Crippen LogP contribution in [0.1, 0.15) is 31.4 Å². The van der Waals surface area contributed by atoms with Crippen molar-refractivity contribution in [1.82, 2.24) is 5.32 Å². The van der Waals surface area contributed by atoms with Crippen LogP contribution in [0.2, 0.25) is 5.02 Å². The normalized spacial score (nSPS) is 19.2. The fourth-order valence-electron chi connectivity index (χ4n) is 2.53. The van der Waals surface area contributed by atoms with Gasteiger partial charge in [-0.05, 0) is 43.0 Å². The Balaban J connectivity index is 2.15. The van der Waals surface area contributed by atoms with Crippen molar-refractivity contribution in [1.29, 1.82) is 0 Å². The molecule has 1 aromatic carbocycles. The summed E-state index contributed by atoms with van der Waals surface area (Å²) in [5.41, 5.74) is 1.30. The van der Waals surface area contributed by atoms with Crippen LogP contribution >= 0.6 is 11.6 Å². The van der Waals surface area contributed by atoms with Crippen LogP contribution in [0.15, 0.2) is 24.3 Å². The molecule has 0 aliphatic carbocycles. The fourth-order valence-corrected chi connectivity index (χ4v) is 2.72. The van der Waals surface area contributed by atoms with Gasteiger partial charge in [-0.25, -0.2) is 0 Å². The van der Waals surface area contributed by atoms with Gasteiger partial charge in [0.05, 0.1) is 0 Å². The summed E-state index contributed by atoms with van der Waals surface area (Å²) in [6.07, 6.45) is 2.26. The minimum absolute atomic E-state index is 0.405. The van der Waals surface area contributed by atoms with E-state index in [1.165, 1.54) is 5.56 Å². The second-order valence-electron chi connectivity index (χ2n) is 4.54. The summed E-state index contributed by atoms with van der Waals surface area (Å²) < 4.78 is 5.43. The Morgan fingerprint density at radius 2 is 2.18 bits per heavy atom. The number of nitrogens with one attached hydrogen (secondary N) is 1. The zero-order valence-electron chi connectivity index (χ0n) is 10.3. The lowest BCUT2D eigenvalue weighted by molar-refractivity contribution is 0.0538. The third-order valence-corrected chi connectivity index (χ3v) is 3.60. The van der Waals surface area contributed by atoms with Gasteiger partial charge in [0.25, 0.3) is 0 Å². The van der Waals surface area contributed by atoms with Gasteiger partial charge in [-0.1, -0.05) is 30.7 Å². The first-order chi connectivity index (χ1) is 8.31. The van der Waals surface area contributed by atoms with E-state index in [-0.39, 0.29) is 0 Å². The van der Waals surface area contributed by atoms with E-state index in [0.717, 1.165) is 37.6 Å². The lowest BCUT2D eigenvalue weighted by atomic mass is 9.87. The van der Waals surface area contributed by atoms with E-state index in [0.29, 0.717) is 12.0 Å². The molecule has 94 valence electrons. The molecule has 1 saturated heterocycles. The van der Waals surface area contributed by atoms with Crippen molar-refractivity contribution >= 4 is 11.6 Å². The molecule has 1 heterocycles. The van der Waals surface area contributed by atoms with Crippen LogP contribution in [-0.2, 0) is 4.74 Å². The standard InChI is InChI=1S/C14H20ClNO/c1-2-16-14(11-6-8-17-9-7-11)12-4-3-5-13(15)10-12/h3-5,10-11,14,16H,2,6-9H2,1H3. The Bertz CT molecular complexity index is 350. The molecule has 0 saturated carbocycles. The van der Waals surface area contributed by atoms with Crippen LogP contribution < -0.4 is 5.32 Å². The Kier molecular flexibility index (Phi) is 4.84. The summed E-state index contributed by atoms with van der Waals surface area (Å²) in [7, 11) is 0. The summed E-state index contributed by atoms with van der Waals surface area (Å²) in [6.45, 7) is 4.89. The van der Waals surface area contributed by atoms with E-state index in [4.69, 9.17) is 16.3 Å². The smallest absolute Gasteiger partial charge is 0.0469 e. The van der Waals surface area contributed by atoms with E-state index < -0.39 is 0 Å². The second-order valence-corrected chi connectivity index (χ2v) is 4.98. The van der Waals surface area contributed by atoms with E-state index in [1.54, 1.807) is 0 Å². The van der Waals surface area contributed by atoms with Crippen molar-refractivity contribution in [3.8, 4) is 0 Å². The minimum Gasteiger partial charge on any atom is -0.381 e. The monoisotopic (exact) mass is 253 g/mol. The van der Waals surface area contributed by atoms with Crippen LogP contribution in [0.5, 0.6) is 0 Å². The predicted octanol–water partition coefficient (Wildman–Crippen LogP) is 3.42. The molecule has 1 fully saturated rings. The van der Waals surface area contributed by atoms with Crippen molar-refractivity contribution in [2.75, 3.05) is 19.8 Å². The molecule has 1 unspecified atom stereocenters. The van der Waals surface area contributed by atoms with Crippen LogP contribution in [0.3, 0.4) is 0 Å². The van der Waals surface area contributed by atoms with Gasteiger partial charge in [-0.15, -0.1) is 0 Å². The highest BCUT2D eigenvalue weighted by molar-refractivity contribution is 6.30. The zero-order valence-corrected chi connectivity index (χ0v) is 11.0. The molecule has 0 amide bonds. The maximum Gasteiger partial charge on any atom is 0.0469 e. The lowest BCUT2D eigenvalue weighted by Gasteiger charge is -2.31. The van der Waals surface area contributed by atoms with Crippen LogP contribution in [0, 0.1) is 5.92 Å². The molecule has 1 aliphatic rings. The van der Waals surface area contributed by atoms with Gasteiger partial charge in [0.1, 0.15) is 0 Å². The molecular formula is C14H20ClNO. The molecule has 17 heavy (non-hydrogen) atoms. The summed E-state index contributed by atoms with van der Waals surface area (Å²) in [5.74, 6) is 0.655. The molecule has 3 heteroatoms. The van der Waals surface area contributed by atoms with Gasteiger partial charge < -0.3 is 10.1 Å². The van der Waals surface area contributed by atoms with E-state index >= 15 is 0 Å². The van der Waals surface area contributed by atoms with Crippen LogP contribution in [-0.4, -0.2) is 19.8 Å². The topological polar surface area (TPSA) is 21.3 Å². The minimum atomic E-state index is 0.405. The highest BCUT2D eigenvalue weighted by Gasteiger charge is 2.24. The van der Waals surface area contributed by atoms with E-state index in [2.05, 4.69) is 24.4 Å². The van der Waals surface area contributed by atoms with Crippen molar-refractivity contribution in [2.24, 2.45) is 5.92 Å². The zero-order chi connectivity index (χ0) is 12.1. The first-order valence-electron chi connectivity index (χ1n) is 6.38. The van der Waals surface area contributed by atoms with Crippen molar-refractivity contribution in [2.45, 2.75) is 25.8 Å². The van der Waals surface area contributed by atoms with E-state index in [1.807, 2.05) is 12.1 Å². The Labute approximate surface area is 108 Å². The average molecular weight is 254 g/mol. The molecule has 0 bridgehead atoms. The highest BCUT2D eigenvalue weighted by atomic mass is 35.5. The number of halogens is 1. The molecule has 2 nitrogen and oxygen atoms in total. The molecule has 0 spiro atoms. The quantitative estimate of drug-likeness (QED) is 0.888. The molecule has 1 aromatic rings. The Morgan fingerprint density at radius 3 is 2.82 bits per heavy atom. The van der Waals surface area contributed by atoms with Crippen molar-refractivity contribution in [3.63, 3.8) is 0 Å². The molecule has 1 aliphatic heterocycles. The predicted molar refractivity (Wildman–Crippen MR) is 71.4 cm³/mol. The third kappa shape index (κ3) is 3.44. The molecule has 1 N–H and O–H groups in total. The fraction of sp³-hybridized carbons (Fsp3) is 0.571. The van der Waals surface area contributed by atoms with Gasteiger partial charge in [0, 0.05) is 24.3 Å². The molecule has 2 rings (SSSR count). The SMILES string of the molecule is CCNC(c1cccc(Cl)c1)C1CCOCC1. The van der Waals surface area contributed by atoms with Crippen molar-refractivity contribution in [3.05, 3.63) is 34.9 Å². The molecule has 1 atom stereocenters. The number of hydrogen-bond donors (Lipinski definition) is 1. The number of hydrogen-bond acceptors (Lipinski definition) is 2. The summed E-state index contributed by atoms with van der Waals surface area (Å²) >= 11 is 6.08. The summed E-state index contributed by atoms with van der Waals surface area (Å²) in [5, 5.41) is 4.40. The number of ether oxygens (including phenoxy) is 1. The maximum absolute atomic E-state index is 6.08. The van der Waals surface area contributed by atoms with E-state index in [9.17, 15) is 0 Å².